The summed E-state index contributed by atoms with van der Waals surface area (Å²) in [6.07, 6.45) is 0. The van der Waals surface area contributed by atoms with E-state index in [1.54, 1.807) is 0 Å². The molecule has 3 heteroatoms. The molecule has 0 radical (unpaired) electrons. The van der Waals surface area contributed by atoms with E-state index in [1.165, 1.54) is 11.1 Å². The second-order valence-electron chi connectivity index (χ2n) is 2.24. The van der Waals surface area contributed by atoms with E-state index in [-0.39, 0.29) is 59.1 Å². The molecule has 0 aromatic heterocycles. The summed E-state index contributed by atoms with van der Waals surface area (Å²) in [5.74, 6) is 0. The van der Waals surface area contributed by atoms with Crippen LogP contribution in [0.5, 0.6) is 0 Å². The Bertz CT molecular complexity index is 203. The average Bonchev–Trinajstić information content (AvgIpc) is 1.83. The first-order chi connectivity index (χ1) is 4.22. The van der Waals surface area contributed by atoms with Gasteiger partial charge in [0.1, 0.15) is 0 Å². The zero-order chi connectivity index (χ0) is 6.85. The molecular weight excluding hydrogens is 173 g/mol. The van der Waals surface area contributed by atoms with E-state index in [1.807, 2.05) is 6.07 Å². The quantitative estimate of drug-likeness (QED) is 0.287. The molecule has 0 N–H and O–H groups in total. The van der Waals surface area contributed by atoms with Crippen LogP contribution in [0, 0.1) is 13.8 Å². The van der Waals surface area contributed by atoms with Crippen molar-refractivity contribution in [3.63, 3.8) is 0 Å². The van der Waals surface area contributed by atoms with Crippen LogP contribution in [0.15, 0.2) is 18.2 Å². The van der Waals surface area contributed by atoms with Crippen LogP contribution in [0.3, 0.4) is 0 Å². The molecule has 1 aromatic carbocycles. The predicted octanol–water partition coefficient (Wildman–Crippen LogP) is -3.65. The van der Waals surface area contributed by atoms with Gasteiger partial charge in [0.2, 0.25) is 0 Å². The molecule has 1 aromatic rings. The molecule has 48 valence electrons. The summed E-state index contributed by atoms with van der Waals surface area (Å²) in [6.45, 7) is 4.13. The maximum Gasteiger partial charge on any atom is 1.00 e. The Labute approximate surface area is 115 Å². The van der Waals surface area contributed by atoms with Gasteiger partial charge in [0.05, 0.1) is 0 Å². The molecule has 0 spiro atoms. The Balaban J connectivity index is 0. The normalized spacial score (nSPS) is 7.91. The van der Waals surface area contributed by atoms with Crippen LogP contribution in [-0.2, 0) is 0 Å². The van der Waals surface area contributed by atoms with Gasteiger partial charge in [-0.2, -0.15) is 0 Å². The Hall–Kier alpha value is 1.65. The molecule has 0 aliphatic heterocycles. The molecule has 0 amide bonds. The Morgan fingerprint density at radius 1 is 1.00 bits per heavy atom. The molecule has 0 aliphatic carbocycles. The summed E-state index contributed by atoms with van der Waals surface area (Å²) in [4.78, 5) is 0. The molecule has 0 saturated carbocycles. The van der Waals surface area contributed by atoms with E-state index in [0.29, 0.717) is 0 Å². The fourth-order valence-electron chi connectivity index (χ4n) is 0.806. The van der Waals surface area contributed by atoms with Crippen LogP contribution in [0.25, 0.3) is 0 Å². The van der Waals surface area contributed by atoms with Gasteiger partial charge >= 0.3 is 59.1 Å². The third-order valence-electron chi connectivity index (χ3n) is 1.44. The maximum absolute atomic E-state index is 4.31. The summed E-state index contributed by atoms with van der Waals surface area (Å²) >= 11 is 0. The Kier molecular flexibility index (Phi) is 9.76. The largest absolute Gasteiger partial charge is 1.45 e. The average molecular weight is 182 g/mol. The summed E-state index contributed by atoms with van der Waals surface area (Å²) in [5, 5.41) is 1.11. The number of hydrogen-bond donors (Lipinski definition) is 0. The van der Waals surface area contributed by atoms with E-state index < -0.39 is 0 Å². The summed E-state index contributed by atoms with van der Waals surface area (Å²) in [5.41, 5.74) is 2.50. The minimum atomic E-state index is 0. The van der Waals surface area contributed by atoms with Crippen molar-refractivity contribution in [2.24, 2.45) is 0 Å². The van der Waals surface area contributed by atoms with Crippen molar-refractivity contribution < 1.29 is 59.1 Å². The monoisotopic (exact) mass is 182 g/mol. The van der Waals surface area contributed by atoms with Gasteiger partial charge < -0.3 is 14.5 Å². The molecule has 0 heterocycles. The van der Waals surface area contributed by atoms with Crippen LogP contribution in [0.4, 0.5) is 0 Å². The third-order valence-corrected chi connectivity index (χ3v) is 2.14. The van der Waals surface area contributed by atoms with E-state index in [9.17, 15) is 0 Å². The van der Waals surface area contributed by atoms with Crippen molar-refractivity contribution in [3.05, 3.63) is 29.3 Å². The fraction of sp³-hybridized carbons (Fsp3) is 0.250. The predicted molar refractivity (Wildman–Crippen MR) is 42.5 cm³/mol. The van der Waals surface area contributed by atoms with Gasteiger partial charge in [-0.1, -0.05) is 18.2 Å². The zero-order valence-electron chi connectivity index (χ0n) is 7.68. The van der Waals surface area contributed by atoms with Crippen LogP contribution < -0.4 is 64.4 Å². The van der Waals surface area contributed by atoms with Crippen LogP contribution in [0.2, 0.25) is 0 Å². The van der Waals surface area contributed by atoms with Crippen molar-refractivity contribution in [2.75, 3.05) is 0 Å². The number of benzene rings is 1. The molecule has 1 rings (SSSR count). The molecule has 11 heavy (non-hydrogen) atoms. The topological polar surface area (TPSA) is 0 Å². The minimum absolute atomic E-state index is 0. The molecule has 0 bridgehead atoms. The van der Waals surface area contributed by atoms with Crippen molar-refractivity contribution in [1.82, 2.24) is 0 Å². The maximum atomic E-state index is 4.31. The van der Waals surface area contributed by atoms with Gasteiger partial charge in [0.15, 0.2) is 0 Å². The first kappa shape index (κ1) is 15.1. The van der Waals surface area contributed by atoms with Crippen molar-refractivity contribution in [1.29, 1.82) is 0 Å². The van der Waals surface area contributed by atoms with E-state index in [4.69, 9.17) is 0 Å². The standard InChI is InChI=1S/C8H9P.2Na/c1-6-4-3-5-7(2)8(6)9;;/h3-5H,1-2H3;;/q-2;2*+1. The molecule has 0 aliphatic rings. The van der Waals surface area contributed by atoms with Gasteiger partial charge in [-0.25, -0.2) is 0 Å². The van der Waals surface area contributed by atoms with E-state index in [2.05, 4.69) is 35.2 Å². The van der Waals surface area contributed by atoms with Crippen molar-refractivity contribution >= 4 is 14.5 Å². The van der Waals surface area contributed by atoms with Gasteiger partial charge in [0, 0.05) is 0 Å². The molecule has 0 nitrogen and oxygen atoms in total. The molecular formula is C8H9Na2P. The Morgan fingerprint density at radius 3 is 1.64 bits per heavy atom. The zero-order valence-corrected chi connectivity index (χ0v) is 12.6. The molecule has 0 atom stereocenters. The van der Waals surface area contributed by atoms with E-state index in [0.717, 1.165) is 5.30 Å². The number of rotatable bonds is 0. The molecule has 0 saturated heterocycles. The first-order valence-corrected chi connectivity index (χ1v) is 3.41. The van der Waals surface area contributed by atoms with Crippen LogP contribution in [-0.4, -0.2) is 0 Å². The van der Waals surface area contributed by atoms with Crippen LogP contribution >= 0.6 is 9.24 Å². The Morgan fingerprint density at radius 2 is 1.36 bits per heavy atom. The smallest absolute Gasteiger partial charge is 1.00 e. The molecule has 0 unspecified atom stereocenters. The van der Waals surface area contributed by atoms with Gasteiger partial charge in [0.25, 0.3) is 0 Å². The minimum Gasteiger partial charge on any atom is -1.45 e. The second-order valence-corrected chi connectivity index (χ2v) is 2.69. The second kappa shape index (κ2) is 7.09. The third kappa shape index (κ3) is 4.43. The summed E-state index contributed by atoms with van der Waals surface area (Å²) < 4.78 is 0. The first-order valence-electron chi connectivity index (χ1n) is 2.97. The van der Waals surface area contributed by atoms with Gasteiger partial charge in [-0.15, -0.1) is 11.1 Å². The summed E-state index contributed by atoms with van der Waals surface area (Å²) in [6, 6.07) is 6.18. The molecule has 0 fully saturated rings. The van der Waals surface area contributed by atoms with E-state index >= 15 is 0 Å². The SMILES string of the molecule is Cc1cccc(C)c1[P-2].[Na+].[Na+]. The summed E-state index contributed by atoms with van der Waals surface area (Å²) in [7, 11) is 4.31. The van der Waals surface area contributed by atoms with Gasteiger partial charge in [-0.05, 0) is 13.8 Å². The van der Waals surface area contributed by atoms with Crippen LogP contribution in [0.1, 0.15) is 11.1 Å². The van der Waals surface area contributed by atoms with Gasteiger partial charge in [-0.3, -0.25) is 0 Å². The van der Waals surface area contributed by atoms with Crippen molar-refractivity contribution in [2.45, 2.75) is 13.8 Å². The fourth-order valence-corrected chi connectivity index (χ4v) is 0.955. The van der Waals surface area contributed by atoms with Crippen molar-refractivity contribution in [3.8, 4) is 0 Å². The number of aryl methyl sites for hydroxylation is 2. The number of hydrogen-bond acceptors (Lipinski definition) is 0.